The van der Waals surface area contributed by atoms with Gasteiger partial charge in [-0.25, -0.2) is 0 Å². The maximum atomic E-state index is 3.73. The van der Waals surface area contributed by atoms with Gasteiger partial charge in [-0.15, -0.1) is 0 Å². The smallest absolute Gasteiger partial charge is 0.0328 e. The predicted molar refractivity (Wildman–Crippen MR) is 91.0 cm³/mol. The Morgan fingerprint density at radius 1 is 0.706 bits per heavy atom. The Hall–Kier alpha value is -1.04. The molecule has 1 rings (SSSR count). The minimum atomic E-state index is 0. The molecule has 17 heavy (non-hydrogen) atoms. The van der Waals surface area contributed by atoms with Crippen molar-refractivity contribution in [3.05, 3.63) is 34.7 Å². The van der Waals surface area contributed by atoms with Crippen LogP contribution in [0.3, 0.4) is 0 Å². The van der Waals surface area contributed by atoms with Gasteiger partial charge in [-0.3, -0.25) is 0 Å². The molecule has 0 unspecified atom stereocenters. The van der Waals surface area contributed by atoms with Gasteiger partial charge in [0.1, 0.15) is 0 Å². The molecule has 0 heteroatoms. The summed E-state index contributed by atoms with van der Waals surface area (Å²) in [5.74, 6) is 0. The van der Waals surface area contributed by atoms with Crippen molar-refractivity contribution in [3.63, 3.8) is 0 Å². The summed E-state index contributed by atoms with van der Waals surface area (Å²) in [5, 5.41) is 2.08. The average Bonchev–Trinajstić information content (AvgIpc) is 2.15. The molecule has 0 amide bonds. The van der Waals surface area contributed by atoms with E-state index in [1.165, 1.54) is 6.42 Å². The van der Waals surface area contributed by atoms with Gasteiger partial charge in [0.15, 0.2) is 0 Å². The Balaban J connectivity index is -0.0000000302. The lowest BCUT2D eigenvalue weighted by Gasteiger charge is -1.78. The predicted octanol–water partition coefficient (Wildman–Crippen LogP) is 5.49. The van der Waals surface area contributed by atoms with Gasteiger partial charge in [0.25, 0.3) is 0 Å². The lowest BCUT2D eigenvalue weighted by molar-refractivity contribution is 1.09. The van der Waals surface area contributed by atoms with Crippen molar-refractivity contribution in [1.29, 1.82) is 0 Å². The monoisotopic (exact) mass is 242 g/mol. The summed E-state index contributed by atoms with van der Waals surface area (Å²) < 4.78 is 0. The largest absolute Gasteiger partial charge is 0.0918 e. The van der Waals surface area contributed by atoms with E-state index in [2.05, 4.69) is 27.0 Å². The van der Waals surface area contributed by atoms with E-state index in [-0.39, 0.29) is 29.7 Å². The standard InChI is InChI=1S/C8H8.C3H8.C2H6.4CH4/c1-7-3-5-8(2)6-4-7;1-3-2;1-2;;;;/h3-6H,1-2H2;3H2,1-2H3;1-2H3;4*1H4. The molecule has 0 atom stereocenters. The summed E-state index contributed by atoms with van der Waals surface area (Å²) in [6.45, 7) is 15.7. The molecular formula is C17H38. The van der Waals surface area contributed by atoms with Crippen LogP contribution in [-0.2, 0) is 0 Å². The van der Waals surface area contributed by atoms with Crippen LogP contribution in [0, 0.1) is 0 Å². The van der Waals surface area contributed by atoms with Crippen LogP contribution in [0.4, 0.5) is 0 Å². The van der Waals surface area contributed by atoms with Crippen LogP contribution in [0.1, 0.15) is 63.8 Å². The van der Waals surface area contributed by atoms with Crippen molar-refractivity contribution in [2.75, 3.05) is 0 Å². The summed E-state index contributed by atoms with van der Waals surface area (Å²) in [6, 6.07) is 7.79. The Morgan fingerprint density at radius 2 is 0.824 bits per heavy atom. The third-order valence-corrected chi connectivity index (χ3v) is 1.02. The van der Waals surface area contributed by atoms with Gasteiger partial charge in [-0.05, 0) is 10.4 Å². The third kappa shape index (κ3) is 31.3. The van der Waals surface area contributed by atoms with Crippen LogP contribution in [0.5, 0.6) is 0 Å². The number of benzene rings is 1. The minimum absolute atomic E-state index is 0. The first kappa shape index (κ1) is 36.0. The van der Waals surface area contributed by atoms with Crippen LogP contribution in [-0.4, -0.2) is 0 Å². The third-order valence-electron chi connectivity index (χ3n) is 1.02. The normalized spacial score (nSPS) is 5.65. The van der Waals surface area contributed by atoms with E-state index in [1.807, 2.05) is 38.1 Å². The molecule has 0 aliphatic carbocycles. The first-order valence-electron chi connectivity index (χ1n) is 4.94. The molecule has 0 aliphatic rings. The van der Waals surface area contributed by atoms with Crippen LogP contribution in [0.25, 0.3) is 13.2 Å². The summed E-state index contributed by atoms with van der Waals surface area (Å²) in [7, 11) is 0. The van der Waals surface area contributed by atoms with Gasteiger partial charge in [0, 0.05) is 0 Å². The molecule has 1 aromatic rings. The maximum absolute atomic E-state index is 3.73. The first-order valence-corrected chi connectivity index (χ1v) is 4.94. The second-order valence-electron chi connectivity index (χ2n) is 2.52. The summed E-state index contributed by atoms with van der Waals surface area (Å²) in [5.41, 5.74) is 0. The average molecular weight is 242 g/mol. The molecule has 0 saturated heterocycles. The van der Waals surface area contributed by atoms with Gasteiger partial charge < -0.3 is 0 Å². The first-order chi connectivity index (χ1) is 6.20. The lowest BCUT2D eigenvalue weighted by atomic mass is 10.3. The SMILES string of the molecule is C.C.C.C.C=c1ccc(=C)cc1.CC.CCC. The molecule has 0 aromatic heterocycles. The Kier molecular flexibility index (Phi) is 62.2. The van der Waals surface area contributed by atoms with Gasteiger partial charge in [0.2, 0.25) is 0 Å². The fraction of sp³-hybridized carbons (Fsp3) is 0.529. The Bertz CT molecular complexity index is 220. The minimum Gasteiger partial charge on any atom is -0.0918 e. The highest BCUT2D eigenvalue weighted by Crippen LogP contribution is 1.62. The Morgan fingerprint density at radius 3 is 0.941 bits per heavy atom. The number of hydrogen-bond acceptors (Lipinski definition) is 0. The van der Waals surface area contributed by atoms with E-state index in [0.29, 0.717) is 0 Å². The van der Waals surface area contributed by atoms with Crippen LogP contribution in [0.2, 0.25) is 0 Å². The molecule has 0 radical (unpaired) electrons. The van der Waals surface area contributed by atoms with E-state index in [4.69, 9.17) is 0 Å². The van der Waals surface area contributed by atoms with Crippen molar-refractivity contribution in [2.45, 2.75) is 63.8 Å². The fourth-order valence-corrected chi connectivity index (χ4v) is 0.539. The number of rotatable bonds is 0. The van der Waals surface area contributed by atoms with Gasteiger partial charge in [-0.2, -0.15) is 0 Å². The molecule has 0 aliphatic heterocycles. The zero-order chi connectivity index (χ0) is 10.7. The zero-order valence-corrected chi connectivity index (χ0v) is 9.43. The maximum Gasteiger partial charge on any atom is -0.0328 e. The van der Waals surface area contributed by atoms with E-state index in [9.17, 15) is 0 Å². The van der Waals surface area contributed by atoms with Crippen LogP contribution < -0.4 is 10.4 Å². The summed E-state index contributed by atoms with van der Waals surface area (Å²) in [6.07, 6.45) is 1.25. The topological polar surface area (TPSA) is 0 Å². The molecule has 0 nitrogen and oxygen atoms in total. The molecule has 106 valence electrons. The van der Waals surface area contributed by atoms with Crippen molar-refractivity contribution >= 4 is 13.2 Å². The van der Waals surface area contributed by atoms with Gasteiger partial charge in [0.05, 0.1) is 0 Å². The van der Waals surface area contributed by atoms with Crippen molar-refractivity contribution < 1.29 is 0 Å². The highest BCUT2D eigenvalue weighted by molar-refractivity contribution is 5.13. The molecule has 0 N–H and O–H groups in total. The van der Waals surface area contributed by atoms with Crippen LogP contribution in [0.15, 0.2) is 24.3 Å². The molecule has 0 saturated carbocycles. The van der Waals surface area contributed by atoms with E-state index in [0.717, 1.165) is 10.4 Å². The zero-order valence-electron chi connectivity index (χ0n) is 9.43. The molecule has 1 aromatic carbocycles. The summed E-state index contributed by atoms with van der Waals surface area (Å²) in [4.78, 5) is 0. The van der Waals surface area contributed by atoms with E-state index in [1.54, 1.807) is 0 Å². The van der Waals surface area contributed by atoms with Crippen molar-refractivity contribution in [3.8, 4) is 0 Å². The Labute approximate surface area is 112 Å². The highest BCUT2D eigenvalue weighted by atomic mass is 13.8. The molecular weight excluding hydrogens is 204 g/mol. The fourth-order valence-electron chi connectivity index (χ4n) is 0.539. The second kappa shape index (κ2) is 29.4. The van der Waals surface area contributed by atoms with Crippen molar-refractivity contribution in [2.24, 2.45) is 0 Å². The van der Waals surface area contributed by atoms with Crippen molar-refractivity contribution in [1.82, 2.24) is 0 Å². The van der Waals surface area contributed by atoms with Gasteiger partial charge in [-0.1, -0.05) is 101 Å². The molecule has 0 bridgehead atoms. The van der Waals surface area contributed by atoms with Crippen LogP contribution >= 0.6 is 0 Å². The second-order valence-corrected chi connectivity index (χ2v) is 2.52. The summed E-state index contributed by atoms with van der Waals surface area (Å²) >= 11 is 0. The van der Waals surface area contributed by atoms with E-state index < -0.39 is 0 Å². The highest BCUT2D eigenvalue weighted by Gasteiger charge is 1.69. The lowest BCUT2D eigenvalue weighted by Crippen LogP contribution is -2.02. The van der Waals surface area contributed by atoms with E-state index >= 15 is 0 Å². The number of hydrogen-bond donors (Lipinski definition) is 0. The van der Waals surface area contributed by atoms with Gasteiger partial charge >= 0.3 is 0 Å². The molecule has 0 fully saturated rings. The quantitative estimate of drug-likeness (QED) is 0.564. The molecule has 0 spiro atoms. The molecule has 0 heterocycles.